The lowest BCUT2D eigenvalue weighted by Crippen LogP contribution is -2.47. The number of aliphatic hydroxyl groups excluding tert-OH is 2. The number of likely N-dealkylation sites (tertiary alicyclic amines) is 1. The molecule has 16 heavy (non-hydrogen) atoms. The summed E-state index contributed by atoms with van der Waals surface area (Å²) in [5.41, 5.74) is 0. The topological polar surface area (TPSA) is 93.0 Å². The zero-order valence-electron chi connectivity index (χ0n) is 9.46. The van der Waals surface area contributed by atoms with Crippen molar-refractivity contribution in [3.05, 3.63) is 0 Å². The molecule has 4 N–H and O–H groups in total. The van der Waals surface area contributed by atoms with Crippen LogP contribution in [0.25, 0.3) is 0 Å². The quantitative estimate of drug-likeness (QED) is 0.460. The first kappa shape index (κ1) is 13.4. The van der Waals surface area contributed by atoms with Gasteiger partial charge in [-0.05, 0) is 33.0 Å². The van der Waals surface area contributed by atoms with E-state index in [4.69, 9.17) is 10.2 Å². The van der Waals surface area contributed by atoms with E-state index in [1.807, 2.05) is 11.9 Å². The van der Waals surface area contributed by atoms with Gasteiger partial charge < -0.3 is 25.5 Å². The minimum absolute atomic E-state index is 0.212. The highest BCUT2D eigenvalue weighted by Crippen LogP contribution is 2.11. The molecule has 0 spiro atoms. The van der Waals surface area contributed by atoms with Gasteiger partial charge in [0.1, 0.15) is 6.10 Å². The van der Waals surface area contributed by atoms with Crippen LogP contribution in [0, 0.1) is 0 Å². The molecule has 94 valence electrons. The molecule has 6 nitrogen and oxygen atoms in total. The van der Waals surface area contributed by atoms with Gasteiger partial charge in [-0.2, -0.15) is 0 Å². The van der Waals surface area contributed by atoms with Gasteiger partial charge in [-0.3, -0.25) is 0 Å². The number of aliphatic carboxylic acids is 1. The minimum atomic E-state index is -1.69. The number of aliphatic hydroxyl groups is 2. The Kier molecular flexibility index (Phi) is 5.14. The highest BCUT2D eigenvalue weighted by molar-refractivity contribution is 5.72. The predicted octanol–water partition coefficient (Wildman–Crippen LogP) is -1.52. The first-order valence-corrected chi connectivity index (χ1v) is 5.53. The summed E-state index contributed by atoms with van der Waals surface area (Å²) >= 11 is 0. The SMILES string of the molecule is CNC1CCN(CC(O)C(O)C(=O)O)CC1. The Morgan fingerprint density at radius 1 is 1.44 bits per heavy atom. The number of piperidine rings is 1. The maximum atomic E-state index is 10.4. The normalized spacial score (nSPS) is 22.9. The number of β-amino-alcohol motifs (C(OH)–C–C–N with tert-alkyl or cyclic N) is 1. The second kappa shape index (κ2) is 6.15. The largest absolute Gasteiger partial charge is 0.479 e. The number of hydrogen-bond acceptors (Lipinski definition) is 5. The van der Waals surface area contributed by atoms with Crippen molar-refractivity contribution in [3.63, 3.8) is 0 Å². The summed E-state index contributed by atoms with van der Waals surface area (Å²) in [6.07, 6.45) is -0.954. The molecule has 0 amide bonds. The fourth-order valence-corrected chi connectivity index (χ4v) is 1.93. The van der Waals surface area contributed by atoms with Crippen LogP contribution in [0.4, 0.5) is 0 Å². The standard InChI is InChI=1S/C10H20N2O4/c1-11-7-2-4-12(5-3-7)6-8(13)9(14)10(15)16/h7-9,11,13-14H,2-6H2,1H3,(H,15,16). The second-order valence-electron chi connectivity index (χ2n) is 4.21. The zero-order chi connectivity index (χ0) is 12.1. The molecule has 1 aliphatic heterocycles. The summed E-state index contributed by atoms with van der Waals surface area (Å²) in [5, 5.41) is 30.3. The monoisotopic (exact) mass is 232 g/mol. The lowest BCUT2D eigenvalue weighted by molar-refractivity contribution is -0.153. The van der Waals surface area contributed by atoms with E-state index in [0.29, 0.717) is 6.04 Å². The van der Waals surface area contributed by atoms with Crippen LogP contribution < -0.4 is 5.32 Å². The number of rotatable bonds is 5. The van der Waals surface area contributed by atoms with Crippen molar-refractivity contribution in [2.75, 3.05) is 26.7 Å². The van der Waals surface area contributed by atoms with E-state index in [-0.39, 0.29) is 6.54 Å². The third-order valence-electron chi connectivity index (χ3n) is 3.06. The summed E-state index contributed by atoms with van der Waals surface area (Å²) in [5.74, 6) is -1.38. The average molecular weight is 232 g/mol. The second-order valence-corrected chi connectivity index (χ2v) is 4.21. The number of nitrogens with zero attached hydrogens (tertiary/aromatic N) is 1. The first-order chi connectivity index (χ1) is 7.54. The Morgan fingerprint density at radius 3 is 2.44 bits per heavy atom. The van der Waals surface area contributed by atoms with Gasteiger partial charge in [-0.25, -0.2) is 4.79 Å². The fraction of sp³-hybridized carbons (Fsp3) is 0.900. The molecule has 0 aliphatic carbocycles. The molecule has 1 fully saturated rings. The van der Waals surface area contributed by atoms with Gasteiger partial charge in [0.05, 0.1) is 0 Å². The molecule has 1 aliphatic rings. The summed E-state index contributed by atoms with van der Waals surface area (Å²) in [6.45, 7) is 1.84. The van der Waals surface area contributed by atoms with Crippen molar-refractivity contribution in [1.29, 1.82) is 0 Å². The lowest BCUT2D eigenvalue weighted by atomic mass is 10.0. The van der Waals surface area contributed by atoms with Crippen molar-refractivity contribution in [1.82, 2.24) is 10.2 Å². The van der Waals surface area contributed by atoms with Crippen molar-refractivity contribution in [2.24, 2.45) is 0 Å². The highest BCUT2D eigenvalue weighted by Gasteiger charge is 2.27. The van der Waals surface area contributed by atoms with Crippen molar-refractivity contribution < 1.29 is 20.1 Å². The van der Waals surface area contributed by atoms with E-state index >= 15 is 0 Å². The Bertz CT molecular complexity index is 229. The van der Waals surface area contributed by atoms with E-state index in [1.54, 1.807) is 0 Å². The Balaban J connectivity index is 2.30. The van der Waals surface area contributed by atoms with Gasteiger partial charge in [0.15, 0.2) is 6.10 Å². The fourth-order valence-electron chi connectivity index (χ4n) is 1.93. The van der Waals surface area contributed by atoms with E-state index in [0.717, 1.165) is 25.9 Å². The minimum Gasteiger partial charge on any atom is -0.479 e. The van der Waals surface area contributed by atoms with Crippen LogP contribution >= 0.6 is 0 Å². The summed E-state index contributed by atoms with van der Waals surface area (Å²) in [4.78, 5) is 12.4. The molecule has 2 atom stereocenters. The number of carboxylic acids is 1. The van der Waals surface area contributed by atoms with Crippen LogP contribution in [0.15, 0.2) is 0 Å². The number of carboxylic acid groups (broad SMARTS) is 1. The molecule has 1 saturated heterocycles. The number of hydrogen-bond donors (Lipinski definition) is 4. The Labute approximate surface area is 94.9 Å². The Morgan fingerprint density at radius 2 is 2.00 bits per heavy atom. The molecule has 1 heterocycles. The Hall–Kier alpha value is -0.690. The van der Waals surface area contributed by atoms with Gasteiger partial charge >= 0.3 is 5.97 Å². The van der Waals surface area contributed by atoms with Crippen LogP contribution in [0.5, 0.6) is 0 Å². The molecule has 2 unspecified atom stereocenters. The third kappa shape index (κ3) is 3.71. The van der Waals surface area contributed by atoms with Gasteiger partial charge in [-0.1, -0.05) is 0 Å². The molecule has 0 aromatic heterocycles. The molecular weight excluding hydrogens is 212 g/mol. The smallest absolute Gasteiger partial charge is 0.335 e. The van der Waals surface area contributed by atoms with Gasteiger partial charge in [0.25, 0.3) is 0 Å². The maximum Gasteiger partial charge on any atom is 0.335 e. The highest BCUT2D eigenvalue weighted by atomic mass is 16.4. The van der Waals surface area contributed by atoms with E-state index in [9.17, 15) is 9.90 Å². The zero-order valence-corrected chi connectivity index (χ0v) is 9.46. The molecule has 1 rings (SSSR count). The van der Waals surface area contributed by atoms with Gasteiger partial charge in [-0.15, -0.1) is 0 Å². The van der Waals surface area contributed by atoms with Crippen LogP contribution in [0.2, 0.25) is 0 Å². The van der Waals surface area contributed by atoms with Crippen LogP contribution in [-0.2, 0) is 4.79 Å². The molecule has 0 aromatic carbocycles. The average Bonchev–Trinajstić information content (AvgIpc) is 2.28. The van der Waals surface area contributed by atoms with Gasteiger partial charge in [0, 0.05) is 12.6 Å². The van der Waals surface area contributed by atoms with Crippen molar-refractivity contribution in [3.8, 4) is 0 Å². The van der Waals surface area contributed by atoms with E-state index < -0.39 is 18.2 Å². The molecular formula is C10H20N2O4. The summed E-state index contributed by atoms with van der Waals surface area (Å²) in [6, 6.07) is 0.498. The molecule has 0 bridgehead atoms. The third-order valence-corrected chi connectivity index (χ3v) is 3.06. The van der Waals surface area contributed by atoms with Crippen LogP contribution in [-0.4, -0.2) is 71.1 Å². The molecule has 0 saturated carbocycles. The summed E-state index contributed by atoms with van der Waals surface area (Å²) < 4.78 is 0. The van der Waals surface area contributed by atoms with Crippen molar-refractivity contribution >= 4 is 5.97 Å². The van der Waals surface area contributed by atoms with Crippen LogP contribution in [0.3, 0.4) is 0 Å². The van der Waals surface area contributed by atoms with Crippen molar-refractivity contribution in [2.45, 2.75) is 31.1 Å². The molecule has 6 heteroatoms. The first-order valence-electron chi connectivity index (χ1n) is 5.53. The molecule has 0 aromatic rings. The molecule has 0 radical (unpaired) electrons. The van der Waals surface area contributed by atoms with Crippen LogP contribution in [0.1, 0.15) is 12.8 Å². The maximum absolute atomic E-state index is 10.4. The predicted molar refractivity (Wildman–Crippen MR) is 58.2 cm³/mol. The number of nitrogens with one attached hydrogen (secondary N) is 1. The van der Waals surface area contributed by atoms with E-state index in [2.05, 4.69) is 5.32 Å². The lowest BCUT2D eigenvalue weighted by Gasteiger charge is -2.33. The van der Waals surface area contributed by atoms with Gasteiger partial charge in [0.2, 0.25) is 0 Å². The van der Waals surface area contributed by atoms with E-state index in [1.165, 1.54) is 0 Å². The number of carbonyl (C=O) groups is 1. The summed E-state index contributed by atoms with van der Waals surface area (Å²) in [7, 11) is 1.92.